The zero-order valence-corrected chi connectivity index (χ0v) is 8.19. The van der Waals surface area contributed by atoms with Gasteiger partial charge in [0.05, 0.1) is 12.2 Å². The Balaban J connectivity index is 2.35. The maximum absolute atomic E-state index is 8.85. The molecule has 0 bridgehead atoms. The Morgan fingerprint density at radius 3 is 2.93 bits per heavy atom. The van der Waals surface area contributed by atoms with Crippen molar-refractivity contribution < 1.29 is 0 Å². The van der Waals surface area contributed by atoms with Gasteiger partial charge in [0.15, 0.2) is 5.69 Å². The van der Waals surface area contributed by atoms with Gasteiger partial charge >= 0.3 is 0 Å². The van der Waals surface area contributed by atoms with E-state index in [-0.39, 0.29) is 0 Å². The molecule has 1 saturated carbocycles. The van der Waals surface area contributed by atoms with Gasteiger partial charge in [0.1, 0.15) is 6.07 Å². The topological polar surface area (TPSA) is 54.5 Å². The Bertz CT molecular complexity index is 406. The maximum Gasteiger partial charge on any atom is 0.186 e. The predicted molar refractivity (Wildman–Crippen MR) is 51.5 cm³/mol. The van der Waals surface area contributed by atoms with Crippen molar-refractivity contribution in [2.45, 2.75) is 32.2 Å². The van der Waals surface area contributed by atoms with Crippen LogP contribution in [0.2, 0.25) is 0 Å². The molecule has 1 fully saturated rings. The van der Waals surface area contributed by atoms with E-state index in [9.17, 15) is 0 Å². The minimum absolute atomic E-state index is 0.480. The highest BCUT2D eigenvalue weighted by atomic mass is 15.4. The molecule has 1 aliphatic carbocycles. The van der Waals surface area contributed by atoms with Crippen molar-refractivity contribution in [3.63, 3.8) is 0 Å². The molecule has 2 rings (SSSR count). The van der Waals surface area contributed by atoms with E-state index >= 15 is 0 Å². The van der Waals surface area contributed by atoms with Crippen molar-refractivity contribution in [3.8, 4) is 6.07 Å². The number of aromatic nitrogens is 3. The van der Waals surface area contributed by atoms with E-state index < -0.39 is 0 Å². The standard InChI is InChI=1S/C10H12N4/c1-7(2)6-14-10(8-3-4-8)9(5-11)12-13-14/h8H,1,3-4,6H2,2H3. The number of rotatable bonds is 3. The fourth-order valence-corrected chi connectivity index (χ4v) is 1.53. The lowest BCUT2D eigenvalue weighted by molar-refractivity contribution is 0.614. The quantitative estimate of drug-likeness (QED) is 0.677. The highest BCUT2D eigenvalue weighted by Crippen LogP contribution is 2.41. The monoisotopic (exact) mass is 188 g/mol. The first-order valence-corrected chi connectivity index (χ1v) is 4.70. The highest BCUT2D eigenvalue weighted by Gasteiger charge is 2.31. The molecule has 4 nitrogen and oxygen atoms in total. The molecule has 1 aromatic rings. The van der Waals surface area contributed by atoms with Crippen molar-refractivity contribution in [1.82, 2.24) is 15.0 Å². The molecule has 0 atom stereocenters. The summed E-state index contributed by atoms with van der Waals surface area (Å²) in [5.74, 6) is 0.499. The zero-order valence-electron chi connectivity index (χ0n) is 8.19. The molecule has 0 radical (unpaired) electrons. The molecule has 0 unspecified atom stereocenters. The van der Waals surface area contributed by atoms with Gasteiger partial charge < -0.3 is 0 Å². The average Bonchev–Trinajstić information content (AvgIpc) is 2.88. The van der Waals surface area contributed by atoms with Crippen molar-refractivity contribution in [3.05, 3.63) is 23.5 Å². The minimum atomic E-state index is 0.480. The lowest BCUT2D eigenvalue weighted by Gasteiger charge is -2.03. The number of nitrogens with zero attached hydrogens (tertiary/aromatic N) is 4. The van der Waals surface area contributed by atoms with Gasteiger partial charge in [0.25, 0.3) is 0 Å². The van der Waals surface area contributed by atoms with E-state index in [0.29, 0.717) is 18.2 Å². The molecule has 0 aromatic carbocycles. The molecule has 4 heteroatoms. The summed E-state index contributed by atoms with van der Waals surface area (Å²) in [5.41, 5.74) is 2.51. The van der Waals surface area contributed by atoms with Crippen LogP contribution in [-0.2, 0) is 6.54 Å². The van der Waals surface area contributed by atoms with Gasteiger partial charge in [-0.25, -0.2) is 4.68 Å². The van der Waals surface area contributed by atoms with Crippen molar-refractivity contribution in [2.75, 3.05) is 0 Å². The van der Waals surface area contributed by atoms with E-state index in [2.05, 4.69) is 23.0 Å². The van der Waals surface area contributed by atoms with Gasteiger partial charge in [-0.05, 0) is 19.8 Å². The Morgan fingerprint density at radius 1 is 1.71 bits per heavy atom. The van der Waals surface area contributed by atoms with Crippen LogP contribution in [0.4, 0.5) is 0 Å². The normalized spacial score (nSPS) is 15.1. The summed E-state index contributed by atoms with van der Waals surface area (Å²) in [5, 5.41) is 16.7. The van der Waals surface area contributed by atoms with Gasteiger partial charge in [0.2, 0.25) is 0 Å². The van der Waals surface area contributed by atoms with E-state index in [1.807, 2.05) is 6.92 Å². The first kappa shape index (κ1) is 8.95. The fourth-order valence-electron chi connectivity index (χ4n) is 1.53. The molecular formula is C10H12N4. The molecule has 0 saturated heterocycles. The summed E-state index contributed by atoms with van der Waals surface area (Å²) in [4.78, 5) is 0. The van der Waals surface area contributed by atoms with Gasteiger partial charge in [0, 0.05) is 5.92 Å². The Labute approximate surface area is 82.8 Å². The summed E-state index contributed by atoms with van der Waals surface area (Å²) in [7, 11) is 0. The second-order valence-electron chi connectivity index (χ2n) is 3.82. The van der Waals surface area contributed by atoms with E-state index in [1.165, 1.54) is 0 Å². The lowest BCUT2D eigenvalue weighted by atomic mass is 10.2. The van der Waals surface area contributed by atoms with E-state index in [0.717, 1.165) is 24.1 Å². The van der Waals surface area contributed by atoms with Gasteiger partial charge in [-0.3, -0.25) is 0 Å². The third kappa shape index (κ3) is 1.53. The SMILES string of the molecule is C=C(C)Cn1nnc(C#N)c1C1CC1. The number of nitriles is 1. The Hall–Kier alpha value is -1.63. The van der Waals surface area contributed by atoms with Crippen LogP contribution in [0.1, 0.15) is 37.1 Å². The smallest absolute Gasteiger partial charge is 0.186 e. The van der Waals surface area contributed by atoms with Crippen LogP contribution in [0.3, 0.4) is 0 Å². The number of hydrogen-bond donors (Lipinski definition) is 0. The first-order valence-electron chi connectivity index (χ1n) is 4.70. The predicted octanol–water partition coefficient (Wildman–Crippen LogP) is 1.60. The van der Waals surface area contributed by atoms with Crippen LogP contribution in [0.25, 0.3) is 0 Å². The average molecular weight is 188 g/mol. The molecule has 1 aromatic heterocycles. The number of hydrogen-bond acceptors (Lipinski definition) is 3. The minimum Gasteiger partial charge on any atom is -0.244 e. The molecular weight excluding hydrogens is 176 g/mol. The van der Waals surface area contributed by atoms with Crippen LogP contribution in [-0.4, -0.2) is 15.0 Å². The van der Waals surface area contributed by atoms with E-state index in [4.69, 9.17) is 5.26 Å². The summed E-state index contributed by atoms with van der Waals surface area (Å²) >= 11 is 0. The molecule has 0 aliphatic heterocycles. The van der Waals surface area contributed by atoms with Crippen LogP contribution in [0, 0.1) is 11.3 Å². The van der Waals surface area contributed by atoms with Crippen molar-refractivity contribution in [2.24, 2.45) is 0 Å². The third-order valence-electron chi connectivity index (χ3n) is 2.26. The van der Waals surface area contributed by atoms with E-state index in [1.54, 1.807) is 4.68 Å². The summed E-state index contributed by atoms with van der Waals surface area (Å²) in [6.45, 7) is 6.45. The third-order valence-corrected chi connectivity index (χ3v) is 2.26. The Morgan fingerprint density at radius 2 is 2.43 bits per heavy atom. The summed E-state index contributed by atoms with van der Waals surface area (Å²) < 4.78 is 1.80. The summed E-state index contributed by atoms with van der Waals surface area (Å²) in [6, 6.07) is 2.09. The Kier molecular flexibility index (Phi) is 2.08. The summed E-state index contributed by atoms with van der Waals surface area (Å²) in [6.07, 6.45) is 2.30. The van der Waals surface area contributed by atoms with Gasteiger partial charge in [-0.15, -0.1) is 5.10 Å². The molecule has 1 aliphatic rings. The van der Waals surface area contributed by atoms with Crippen LogP contribution in [0.15, 0.2) is 12.2 Å². The second kappa shape index (κ2) is 3.26. The van der Waals surface area contributed by atoms with Crippen LogP contribution in [0.5, 0.6) is 0 Å². The number of allylic oxidation sites excluding steroid dienone is 1. The van der Waals surface area contributed by atoms with Gasteiger partial charge in [-0.2, -0.15) is 5.26 Å². The molecule has 14 heavy (non-hydrogen) atoms. The maximum atomic E-state index is 8.85. The molecule has 0 spiro atoms. The highest BCUT2D eigenvalue weighted by molar-refractivity contribution is 5.30. The molecule has 0 N–H and O–H groups in total. The molecule has 0 amide bonds. The zero-order chi connectivity index (χ0) is 10.1. The molecule has 72 valence electrons. The fraction of sp³-hybridized carbons (Fsp3) is 0.500. The largest absolute Gasteiger partial charge is 0.244 e. The first-order chi connectivity index (χ1) is 6.72. The molecule has 1 heterocycles. The lowest BCUT2D eigenvalue weighted by Crippen LogP contribution is -2.05. The van der Waals surface area contributed by atoms with Crippen LogP contribution >= 0.6 is 0 Å². The second-order valence-corrected chi connectivity index (χ2v) is 3.82. The van der Waals surface area contributed by atoms with Gasteiger partial charge in [-0.1, -0.05) is 17.4 Å². The van der Waals surface area contributed by atoms with Crippen LogP contribution < -0.4 is 0 Å². The van der Waals surface area contributed by atoms with Crippen molar-refractivity contribution in [1.29, 1.82) is 5.26 Å². The van der Waals surface area contributed by atoms with Crippen molar-refractivity contribution >= 4 is 0 Å².